The molecular formula is C13H15F3N2O6S. The number of methoxy groups -OCH3 is 1. The fourth-order valence-electron chi connectivity index (χ4n) is 1.59. The maximum atomic E-state index is 11.9. The van der Waals surface area contributed by atoms with Gasteiger partial charge in [-0.3, -0.25) is 4.79 Å². The summed E-state index contributed by atoms with van der Waals surface area (Å²) in [5.41, 5.74) is -0.224. The van der Waals surface area contributed by atoms with Crippen molar-refractivity contribution in [2.75, 3.05) is 27.3 Å². The zero-order valence-corrected chi connectivity index (χ0v) is 14.0. The number of hydrogen-bond donors (Lipinski definition) is 2. The largest absolute Gasteiger partial charge is 0.495 e. The Morgan fingerprint density at radius 1 is 1.24 bits per heavy atom. The van der Waals surface area contributed by atoms with E-state index >= 15 is 0 Å². The summed E-state index contributed by atoms with van der Waals surface area (Å²) in [5, 5.41) is 1.53. The average molecular weight is 384 g/mol. The Hall–Kier alpha value is -2.34. The van der Waals surface area contributed by atoms with Crippen LogP contribution in [0.4, 0.5) is 13.2 Å². The van der Waals surface area contributed by atoms with Crippen molar-refractivity contribution in [1.82, 2.24) is 10.0 Å². The Morgan fingerprint density at radius 2 is 1.88 bits per heavy atom. The van der Waals surface area contributed by atoms with Crippen molar-refractivity contribution in [3.05, 3.63) is 23.8 Å². The zero-order chi connectivity index (χ0) is 19.3. The molecular weight excluding hydrogens is 369 g/mol. The van der Waals surface area contributed by atoms with Gasteiger partial charge in [-0.25, -0.2) is 17.9 Å². The second-order valence-electron chi connectivity index (χ2n) is 4.54. The fraction of sp³-hybridized carbons (Fsp3) is 0.385. The van der Waals surface area contributed by atoms with Gasteiger partial charge in [0.05, 0.1) is 12.7 Å². The minimum atomic E-state index is -4.59. The summed E-state index contributed by atoms with van der Waals surface area (Å²) in [7, 11) is -1.55. The van der Waals surface area contributed by atoms with Gasteiger partial charge < -0.3 is 14.8 Å². The summed E-state index contributed by atoms with van der Waals surface area (Å²) in [6.45, 7) is -2.51. The van der Waals surface area contributed by atoms with Gasteiger partial charge in [-0.05, 0) is 25.2 Å². The van der Waals surface area contributed by atoms with E-state index in [1.165, 1.54) is 24.6 Å². The molecule has 25 heavy (non-hydrogen) atoms. The van der Waals surface area contributed by atoms with Crippen molar-refractivity contribution >= 4 is 21.9 Å². The van der Waals surface area contributed by atoms with E-state index < -0.39 is 41.2 Å². The highest BCUT2D eigenvalue weighted by molar-refractivity contribution is 7.89. The van der Waals surface area contributed by atoms with E-state index in [9.17, 15) is 31.2 Å². The van der Waals surface area contributed by atoms with Crippen molar-refractivity contribution in [2.24, 2.45) is 0 Å². The first kappa shape index (κ1) is 20.7. The molecule has 0 fully saturated rings. The lowest BCUT2D eigenvalue weighted by Crippen LogP contribution is -2.36. The summed E-state index contributed by atoms with van der Waals surface area (Å²) in [5.74, 6) is -2.27. The van der Waals surface area contributed by atoms with Crippen molar-refractivity contribution in [2.45, 2.75) is 11.1 Å². The monoisotopic (exact) mass is 384 g/mol. The van der Waals surface area contributed by atoms with Crippen LogP contribution >= 0.6 is 0 Å². The van der Waals surface area contributed by atoms with Gasteiger partial charge in [0.1, 0.15) is 17.2 Å². The molecule has 8 nitrogen and oxygen atoms in total. The van der Waals surface area contributed by atoms with E-state index in [2.05, 4.69) is 4.74 Å². The highest BCUT2D eigenvalue weighted by Crippen LogP contribution is 2.25. The number of nitrogens with one attached hydrogen (secondary N) is 2. The van der Waals surface area contributed by atoms with Gasteiger partial charge in [0, 0.05) is 0 Å². The molecule has 0 radical (unpaired) electrons. The number of hydrogen-bond acceptors (Lipinski definition) is 6. The van der Waals surface area contributed by atoms with Crippen LogP contribution < -0.4 is 14.8 Å². The third-order valence-corrected chi connectivity index (χ3v) is 4.21. The third kappa shape index (κ3) is 6.23. The number of ether oxygens (including phenoxy) is 2. The maximum Gasteiger partial charge on any atom is 0.405 e. The molecule has 1 aromatic carbocycles. The van der Waals surface area contributed by atoms with Crippen LogP contribution in [0.3, 0.4) is 0 Å². The van der Waals surface area contributed by atoms with Crippen molar-refractivity contribution in [3.63, 3.8) is 0 Å². The molecule has 0 aromatic heterocycles. The van der Waals surface area contributed by atoms with Crippen LogP contribution in [0.25, 0.3) is 0 Å². The molecule has 0 aliphatic heterocycles. The number of halogens is 3. The number of sulfonamides is 1. The molecule has 0 bridgehead atoms. The number of rotatable bonds is 7. The summed E-state index contributed by atoms with van der Waals surface area (Å²) in [6.07, 6.45) is -4.59. The van der Waals surface area contributed by atoms with Gasteiger partial charge in [-0.2, -0.15) is 13.2 Å². The number of esters is 1. The minimum Gasteiger partial charge on any atom is -0.495 e. The molecule has 0 spiro atoms. The van der Waals surface area contributed by atoms with Crippen LogP contribution in [0.2, 0.25) is 0 Å². The predicted octanol–water partition coefficient (Wildman–Crippen LogP) is 0.439. The predicted molar refractivity (Wildman–Crippen MR) is 78.6 cm³/mol. The molecule has 1 rings (SSSR count). The number of alkyl halides is 3. The second kappa shape index (κ2) is 8.16. The van der Waals surface area contributed by atoms with E-state index in [1.54, 1.807) is 0 Å². The molecule has 0 saturated heterocycles. The highest BCUT2D eigenvalue weighted by Gasteiger charge is 2.28. The Balaban J connectivity index is 2.83. The summed E-state index contributed by atoms with van der Waals surface area (Å²) >= 11 is 0. The van der Waals surface area contributed by atoms with Crippen molar-refractivity contribution in [3.8, 4) is 5.75 Å². The van der Waals surface area contributed by atoms with Gasteiger partial charge in [-0.1, -0.05) is 0 Å². The van der Waals surface area contributed by atoms with Gasteiger partial charge in [0.15, 0.2) is 6.61 Å². The van der Waals surface area contributed by atoms with Crippen LogP contribution in [-0.4, -0.2) is 53.8 Å². The Bertz CT molecular complexity index is 749. The first-order chi connectivity index (χ1) is 11.5. The van der Waals surface area contributed by atoms with Gasteiger partial charge in [0.25, 0.3) is 5.91 Å². The molecule has 0 atom stereocenters. The number of amides is 1. The molecule has 12 heteroatoms. The molecule has 0 unspecified atom stereocenters. The van der Waals surface area contributed by atoms with E-state index in [4.69, 9.17) is 4.74 Å². The lowest BCUT2D eigenvalue weighted by atomic mass is 10.2. The van der Waals surface area contributed by atoms with Gasteiger partial charge in [-0.15, -0.1) is 0 Å². The van der Waals surface area contributed by atoms with Crippen LogP contribution in [-0.2, 0) is 19.6 Å². The van der Waals surface area contributed by atoms with Crippen molar-refractivity contribution in [1.29, 1.82) is 0 Å². The van der Waals surface area contributed by atoms with Crippen molar-refractivity contribution < 1.29 is 40.7 Å². The molecule has 2 N–H and O–H groups in total. The lowest BCUT2D eigenvalue weighted by Gasteiger charge is -2.11. The molecule has 0 saturated carbocycles. The Morgan fingerprint density at radius 3 is 2.40 bits per heavy atom. The minimum absolute atomic E-state index is 0.0335. The number of benzene rings is 1. The van der Waals surface area contributed by atoms with Crippen LogP contribution in [0.5, 0.6) is 5.75 Å². The van der Waals surface area contributed by atoms with E-state index in [1.807, 2.05) is 4.72 Å². The molecule has 0 aliphatic rings. The molecule has 0 heterocycles. The van der Waals surface area contributed by atoms with Crippen LogP contribution in [0.15, 0.2) is 23.1 Å². The second-order valence-corrected chi connectivity index (χ2v) is 6.40. The Labute approximate surface area is 141 Å². The van der Waals surface area contributed by atoms with Crippen LogP contribution in [0.1, 0.15) is 10.4 Å². The highest BCUT2D eigenvalue weighted by atomic mass is 32.2. The smallest absolute Gasteiger partial charge is 0.405 e. The third-order valence-electron chi connectivity index (χ3n) is 2.78. The first-order valence-electron chi connectivity index (χ1n) is 6.62. The lowest BCUT2D eigenvalue weighted by molar-refractivity contribution is -0.140. The number of carbonyl (C=O) groups excluding carboxylic acids is 2. The fourth-order valence-corrected chi connectivity index (χ4v) is 2.51. The summed E-state index contributed by atoms with van der Waals surface area (Å²) in [6, 6.07) is 3.34. The normalized spacial score (nSPS) is 11.7. The van der Waals surface area contributed by atoms with E-state index in [0.717, 1.165) is 13.1 Å². The SMILES string of the molecule is CNS(=O)(=O)c1cc(C(=O)OCC(=O)NCC(F)(F)F)ccc1OC. The molecule has 1 aromatic rings. The van der Waals surface area contributed by atoms with E-state index in [-0.39, 0.29) is 16.2 Å². The molecule has 140 valence electrons. The summed E-state index contributed by atoms with van der Waals surface area (Å²) in [4.78, 5) is 22.7. The summed E-state index contributed by atoms with van der Waals surface area (Å²) < 4.78 is 71.1. The van der Waals surface area contributed by atoms with Gasteiger partial charge >= 0.3 is 12.1 Å². The molecule has 0 aliphatic carbocycles. The number of carbonyl (C=O) groups is 2. The maximum absolute atomic E-state index is 11.9. The van der Waals surface area contributed by atoms with Gasteiger partial charge in [0.2, 0.25) is 10.0 Å². The quantitative estimate of drug-likeness (QED) is 0.660. The molecule has 1 amide bonds. The topological polar surface area (TPSA) is 111 Å². The van der Waals surface area contributed by atoms with Crippen LogP contribution in [0, 0.1) is 0 Å². The van der Waals surface area contributed by atoms with E-state index in [0.29, 0.717) is 0 Å². The zero-order valence-electron chi connectivity index (χ0n) is 13.1. The average Bonchev–Trinajstić information content (AvgIpc) is 2.56. The Kier molecular flexibility index (Phi) is 6.76. The first-order valence-corrected chi connectivity index (χ1v) is 8.10. The standard InChI is InChI=1S/C13H15F3N2O6S/c1-17-25(21,22)10-5-8(3-4-9(10)23-2)12(20)24-6-11(19)18-7-13(14,15)16/h3-5,17H,6-7H2,1-2H3,(H,18,19).